The van der Waals surface area contributed by atoms with Crippen molar-refractivity contribution in [2.24, 2.45) is 0 Å². The molecule has 3 aromatic rings. The van der Waals surface area contributed by atoms with E-state index in [2.05, 4.69) is 19.9 Å². The van der Waals surface area contributed by atoms with Crippen LogP contribution in [0.5, 0.6) is 0 Å². The van der Waals surface area contributed by atoms with E-state index in [0.29, 0.717) is 22.5 Å². The maximum atomic E-state index is 11.0. The zero-order valence-electron chi connectivity index (χ0n) is 11.7. The number of aromatic amines is 2. The average molecular weight is 370 g/mol. The Morgan fingerprint density at radius 3 is 1.29 bits per heavy atom. The number of imidazole rings is 2. The molecule has 0 aliphatic rings. The standard InChI is InChI=1S/C12H10N4O6S2/c17-23(18,19)11-13-5-9(15-11)7-1-2-8(4-3-7)10-6-14-12(16-10)24(20,21)22/h1-6H,(H,13,15)(H,14,16)(H,17,18,19)(H,20,21,22). The molecule has 0 aliphatic heterocycles. The molecular weight excluding hydrogens is 360 g/mol. The van der Waals surface area contributed by atoms with Crippen molar-refractivity contribution < 1.29 is 25.9 Å². The number of H-pyrrole nitrogens is 2. The van der Waals surface area contributed by atoms with Gasteiger partial charge in [-0.2, -0.15) is 16.8 Å². The lowest BCUT2D eigenvalue weighted by Gasteiger charge is -2.00. The van der Waals surface area contributed by atoms with Crippen molar-refractivity contribution in [3.05, 3.63) is 36.7 Å². The van der Waals surface area contributed by atoms with Gasteiger partial charge in [-0.05, 0) is 11.1 Å². The van der Waals surface area contributed by atoms with Crippen LogP contribution in [0.2, 0.25) is 0 Å². The molecule has 0 spiro atoms. The van der Waals surface area contributed by atoms with Crippen LogP contribution < -0.4 is 0 Å². The van der Waals surface area contributed by atoms with Crippen molar-refractivity contribution in [2.45, 2.75) is 10.3 Å². The molecule has 10 nitrogen and oxygen atoms in total. The zero-order chi connectivity index (χ0) is 17.5. The van der Waals surface area contributed by atoms with Gasteiger partial charge in [-0.25, -0.2) is 9.97 Å². The van der Waals surface area contributed by atoms with Gasteiger partial charge in [-0.3, -0.25) is 9.11 Å². The average Bonchev–Trinajstić information content (AvgIpc) is 3.16. The van der Waals surface area contributed by atoms with Crippen molar-refractivity contribution in [1.29, 1.82) is 0 Å². The van der Waals surface area contributed by atoms with Crippen LogP contribution >= 0.6 is 0 Å². The molecule has 0 amide bonds. The number of hydrogen-bond donors (Lipinski definition) is 4. The Hall–Kier alpha value is -2.54. The molecule has 0 saturated carbocycles. The minimum atomic E-state index is -4.41. The maximum absolute atomic E-state index is 11.0. The molecule has 126 valence electrons. The van der Waals surface area contributed by atoms with Crippen molar-refractivity contribution in [3.63, 3.8) is 0 Å². The molecule has 0 unspecified atom stereocenters. The first-order chi connectivity index (χ1) is 11.1. The summed E-state index contributed by atoms with van der Waals surface area (Å²) in [6, 6.07) is 6.52. The van der Waals surface area contributed by atoms with E-state index in [1.807, 2.05) is 0 Å². The summed E-state index contributed by atoms with van der Waals surface area (Å²) in [5.74, 6) is 0. The van der Waals surface area contributed by atoms with Crippen LogP contribution in [-0.4, -0.2) is 45.9 Å². The molecule has 0 aliphatic carbocycles. The van der Waals surface area contributed by atoms with Crippen molar-refractivity contribution >= 4 is 20.2 Å². The smallest absolute Gasteiger partial charge is 0.327 e. The van der Waals surface area contributed by atoms with E-state index in [4.69, 9.17) is 9.11 Å². The molecule has 3 rings (SSSR count). The van der Waals surface area contributed by atoms with E-state index in [9.17, 15) is 16.8 Å². The van der Waals surface area contributed by atoms with Gasteiger partial charge in [0.25, 0.3) is 10.3 Å². The van der Waals surface area contributed by atoms with E-state index in [1.165, 1.54) is 12.4 Å². The minimum absolute atomic E-state index is 0.373. The SMILES string of the molecule is O=S(=O)(O)c1ncc(-c2ccc(-c3cnc(S(=O)(=O)O)[nH]3)cc2)[nH]1. The summed E-state index contributed by atoms with van der Waals surface area (Å²) < 4.78 is 61.7. The van der Waals surface area contributed by atoms with Crippen LogP contribution in [0.4, 0.5) is 0 Å². The summed E-state index contributed by atoms with van der Waals surface area (Å²) in [5, 5.41) is -1.12. The first kappa shape index (κ1) is 16.3. The molecular formula is C12H10N4O6S2. The van der Waals surface area contributed by atoms with Gasteiger partial charge in [0.05, 0.1) is 23.8 Å². The Kier molecular flexibility index (Phi) is 3.76. The van der Waals surface area contributed by atoms with Gasteiger partial charge in [-0.1, -0.05) is 24.3 Å². The summed E-state index contributed by atoms with van der Waals surface area (Å²) in [5.41, 5.74) is 1.93. The lowest BCUT2D eigenvalue weighted by Crippen LogP contribution is -2.00. The Bertz CT molecular complexity index is 1010. The Morgan fingerprint density at radius 1 is 0.708 bits per heavy atom. The first-order valence-corrected chi connectivity index (χ1v) is 9.18. The molecule has 24 heavy (non-hydrogen) atoms. The fraction of sp³-hybridized carbons (Fsp3) is 0. The van der Waals surface area contributed by atoms with Gasteiger partial charge >= 0.3 is 20.2 Å². The highest BCUT2D eigenvalue weighted by Gasteiger charge is 2.16. The van der Waals surface area contributed by atoms with E-state index >= 15 is 0 Å². The number of rotatable bonds is 4. The second-order valence-electron chi connectivity index (χ2n) is 4.73. The second kappa shape index (κ2) is 5.52. The number of aromatic nitrogens is 4. The molecule has 1 aromatic carbocycles. The Balaban J connectivity index is 1.91. The van der Waals surface area contributed by atoms with Crippen LogP contribution in [0.3, 0.4) is 0 Å². The topological polar surface area (TPSA) is 166 Å². The lowest BCUT2D eigenvalue weighted by atomic mass is 10.1. The molecule has 0 saturated heterocycles. The summed E-state index contributed by atoms with van der Waals surface area (Å²) in [6.07, 6.45) is 2.51. The lowest BCUT2D eigenvalue weighted by molar-refractivity contribution is 0.473. The maximum Gasteiger partial charge on any atom is 0.328 e. The number of benzene rings is 1. The third kappa shape index (κ3) is 3.21. The van der Waals surface area contributed by atoms with Crippen molar-refractivity contribution in [3.8, 4) is 22.5 Å². The fourth-order valence-electron chi connectivity index (χ4n) is 1.99. The number of hydrogen-bond acceptors (Lipinski definition) is 6. The molecule has 12 heteroatoms. The Morgan fingerprint density at radius 2 is 1.04 bits per heavy atom. The Labute approximate surface area is 136 Å². The largest absolute Gasteiger partial charge is 0.328 e. The van der Waals surface area contributed by atoms with Gasteiger partial charge in [0.15, 0.2) is 0 Å². The summed E-state index contributed by atoms with van der Waals surface area (Å²) in [7, 11) is -8.83. The van der Waals surface area contributed by atoms with Crippen LogP contribution in [0.1, 0.15) is 0 Å². The van der Waals surface area contributed by atoms with Gasteiger partial charge in [0.1, 0.15) is 0 Å². The molecule has 0 fully saturated rings. The third-order valence-electron chi connectivity index (χ3n) is 3.10. The number of nitrogens with one attached hydrogen (secondary N) is 2. The van der Waals surface area contributed by atoms with Gasteiger partial charge < -0.3 is 9.97 Å². The van der Waals surface area contributed by atoms with E-state index in [-0.39, 0.29) is 0 Å². The van der Waals surface area contributed by atoms with Gasteiger partial charge in [-0.15, -0.1) is 0 Å². The highest BCUT2D eigenvalue weighted by molar-refractivity contribution is 7.85. The highest BCUT2D eigenvalue weighted by atomic mass is 32.2. The van der Waals surface area contributed by atoms with Gasteiger partial charge in [0, 0.05) is 0 Å². The molecule has 0 bridgehead atoms. The summed E-state index contributed by atoms with van der Waals surface area (Å²) in [4.78, 5) is 12.1. The van der Waals surface area contributed by atoms with Crippen molar-refractivity contribution in [1.82, 2.24) is 19.9 Å². The van der Waals surface area contributed by atoms with Gasteiger partial charge in [0.2, 0.25) is 0 Å². The normalized spacial score (nSPS) is 12.4. The van der Waals surface area contributed by atoms with E-state index in [1.54, 1.807) is 24.3 Å². The monoisotopic (exact) mass is 370 g/mol. The van der Waals surface area contributed by atoms with Crippen LogP contribution in [0.25, 0.3) is 22.5 Å². The number of nitrogens with zero attached hydrogens (tertiary/aromatic N) is 2. The van der Waals surface area contributed by atoms with Crippen LogP contribution in [0, 0.1) is 0 Å². The highest BCUT2D eigenvalue weighted by Crippen LogP contribution is 2.24. The molecule has 0 atom stereocenters. The predicted molar refractivity (Wildman–Crippen MR) is 81.2 cm³/mol. The van der Waals surface area contributed by atoms with E-state index < -0.39 is 30.5 Å². The summed E-state index contributed by atoms with van der Waals surface area (Å²) in [6.45, 7) is 0. The van der Waals surface area contributed by atoms with Crippen molar-refractivity contribution in [2.75, 3.05) is 0 Å². The van der Waals surface area contributed by atoms with Crippen LogP contribution in [0.15, 0.2) is 47.0 Å². The molecule has 2 aromatic heterocycles. The minimum Gasteiger partial charge on any atom is -0.327 e. The van der Waals surface area contributed by atoms with Crippen LogP contribution in [-0.2, 0) is 20.2 Å². The molecule has 2 heterocycles. The predicted octanol–water partition coefficient (Wildman–Crippen LogP) is 0.960. The second-order valence-corrected chi connectivity index (χ2v) is 7.41. The zero-order valence-corrected chi connectivity index (χ0v) is 13.3. The third-order valence-corrected chi connectivity index (χ3v) is 4.49. The van der Waals surface area contributed by atoms with E-state index in [0.717, 1.165) is 0 Å². The quantitative estimate of drug-likeness (QED) is 0.493. The first-order valence-electron chi connectivity index (χ1n) is 6.30. The summed E-state index contributed by atoms with van der Waals surface area (Å²) >= 11 is 0. The molecule has 4 N–H and O–H groups in total. The molecule has 0 radical (unpaired) electrons. The fourth-order valence-corrected chi connectivity index (χ4v) is 2.84.